The Kier molecular flexibility index (Phi) is 5.30. The number of aromatic nitrogens is 3. The van der Waals surface area contributed by atoms with Gasteiger partial charge in [0.15, 0.2) is 11.0 Å². The van der Waals surface area contributed by atoms with E-state index in [1.54, 1.807) is 18.2 Å². The fraction of sp³-hybridized carbons (Fsp3) is 0.353. The topological polar surface area (TPSA) is 51.0 Å². The van der Waals surface area contributed by atoms with E-state index in [2.05, 4.69) is 16.8 Å². The molecule has 24 heavy (non-hydrogen) atoms. The Hall–Kier alpha value is -2.15. The summed E-state index contributed by atoms with van der Waals surface area (Å²) in [6.45, 7) is 5.98. The molecule has 3 rings (SSSR count). The van der Waals surface area contributed by atoms with E-state index in [0.29, 0.717) is 23.3 Å². The lowest BCUT2D eigenvalue weighted by Crippen LogP contribution is -2.29. The first-order valence-corrected chi connectivity index (χ1v) is 8.88. The van der Waals surface area contributed by atoms with Crippen LogP contribution in [0.5, 0.6) is 0 Å². The second-order valence-corrected chi connectivity index (χ2v) is 6.53. The molecule has 1 saturated heterocycles. The van der Waals surface area contributed by atoms with Crippen LogP contribution in [0.1, 0.15) is 12.8 Å². The van der Waals surface area contributed by atoms with E-state index in [1.165, 1.54) is 23.9 Å². The van der Waals surface area contributed by atoms with Gasteiger partial charge in [-0.1, -0.05) is 17.8 Å². The lowest BCUT2D eigenvalue weighted by Gasteiger charge is -2.14. The third kappa shape index (κ3) is 3.67. The zero-order valence-corrected chi connectivity index (χ0v) is 14.1. The van der Waals surface area contributed by atoms with E-state index in [9.17, 15) is 9.18 Å². The summed E-state index contributed by atoms with van der Waals surface area (Å²) in [6, 6.07) is 6.13. The molecule has 0 saturated carbocycles. The lowest BCUT2D eigenvalue weighted by atomic mass is 10.2. The summed E-state index contributed by atoms with van der Waals surface area (Å²) in [5, 5.41) is 9.07. The minimum atomic E-state index is -0.292. The number of nitrogens with zero attached hydrogens (tertiary/aromatic N) is 4. The normalized spacial score (nSPS) is 14.1. The van der Waals surface area contributed by atoms with Crippen molar-refractivity contribution in [2.45, 2.75) is 24.5 Å². The first-order chi connectivity index (χ1) is 11.7. The van der Waals surface area contributed by atoms with Crippen LogP contribution >= 0.6 is 11.8 Å². The van der Waals surface area contributed by atoms with Crippen LogP contribution < -0.4 is 0 Å². The third-order valence-electron chi connectivity index (χ3n) is 3.91. The first-order valence-electron chi connectivity index (χ1n) is 7.89. The van der Waals surface area contributed by atoms with Crippen LogP contribution in [0.3, 0.4) is 0 Å². The average Bonchev–Trinajstić information content (AvgIpc) is 3.24. The molecule has 1 aromatic heterocycles. The van der Waals surface area contributed by atoms with Crippen molar-refractivity contribution in [1.82, 2.24) is 19.7 Å². The predicted octanol–water partition coefficient (Wildman–Crippen LogP) is 2.98. The smallest absolute Gasteiger partial charge is 0.233 e. The van der Waals surface area contributed by atoms with Crippen molar-refractivity contribution in [2.24, 2.45) is 0 Å². The molecule has 0 spiro atoms. The second-order valence-electron chi connectivity index (χ2n) is 5.59. The number of halogens is 1. The van der Waals surface area contributed by atoms with Gasteiger partial charge in [0.25, 0.3) is 0 Å². The number of hydrogen-bond donors (Lipinski definition) is 0. The molecule has 0 atom stereocenters. The maximum atomic E-state index is 13.1. The molecule has 0 unspecified atom stereocenters. The van der Waals surface area contributed by atoms with E-state index in [1.807, 2.05) is 9.47 Å². The van der Waals surface area contributed by atoms with E-state index in [4.69, 9.17) is 0 Å². The Bertz CT molecular complexity index is 723. The van der Waals surface area contributed by atoms with Crippen LogP contribution in [0, 0.1) is 5.82 Å². The molecular weight excluding hydrogens is 327 g/mol. The molecule has 2 heterocycles. The lowest BCUT2D eigenvalue weighted by molar-refractivity contribution is -0.127. The SMILES string of the molecule is C=CCn1c(SCC(=O)N2CCCC2)nnc1-c1ccc(F)cc1. The molecule has 0 aliphatic carbocycles. The van der Waals surface area contributed by atoms with Gasteiger partial charge in [-0.2, -0.15) is 0 Å². The summed E-state index contributed by atoms with van der Waals surface area (Å²) in [7, 11) is 0. The van der Waals surface area contributed by atoms with E-state index < -0.39 is 0 Å². The van der Waals surface area contributed by atoms with Crippen LogP contribution in [0.25, 0.3) is 11.4 Å². The van der Waals surface area contributed by atoms with E-state index in [-0.39, 0.29) is 11.7 Å². The van der Waals surface area contributed by atoms with Crippen molar-refractivity contribution in [3.05, 3.63) is 42.7 Å². The monoisotopic (exact) mass is 346 g/mol. The third-order valence-corrected chi connectivity index (χ3v) is 4.87. The highest BCUT2D eigenvalue weighted by atomic mass is 32.2. The fourth-order valence-corrected chi connectivity index (χ4v) is 3.54. The van der Waals surface area contributed by atoms with Crippen LogP contribution in [-0.4, -0.2) is 44.4 Å². The van der Waals surface area contributed by atoms with Gasteiger partial charge in [0, 0.05) is 25.2 Å². The maximum absolute atomic E-state index is 13.1. The molecule has 1 aromatic carbocycles. The Labute approximate surface area is 144 Å². The highest BCUT2D eigenvalue weighted by molar-refractivity contribution is 7.99. The van der Waals surface area contributed by atoms with Gasteiger partial charge in [-0.05, 0) is 37.1 Å². The predicted molar refractivity (Wildman–Crippen MR) is 92.2 cm³/mol. The molecule has 0 radical (unpaired) electrons. The number of carbonyl (C=O) groups is 1. The molecule has 1 aliphatic heterocycles. The van der Waals surface area contributed by atoms with Crippen LogP contribution in [0.2, 0.25) is 0 Å². The number of rotatable bonds is 6. The number of hydrogen-bond acceptors (Lipinski definition) is 4. The van der Waals surface area contributed by atoms with Gasteiger partial charge >= 0.3 is 0 Å². The van der Waals surface area contributed by atoms with Crippen molar-refractivity contribution < 1.29 is 9.18 Å². The van der Waals surface area contributed by atoms with Gasteiger partial charge in [0.2, 0.25) is 5.91 Å². The largest absolute Gasteiger partial charge is 0.342 e. The molecule has 1 aliphatic rings. The van der Waals surface area contributed by atoms with Gasteiger partial charge in [-0.15, -0.1) is 16.8 Å². The number of carbonyl (C=O) groups excluding carboxylic acids is 1. The van der Waals surface area contributed by atoms with Crippen molar-refractivity contribution >= 4 is 17.7 Å². The summed E-state index contributed by atoms with van der Waals surface area (Å²) < 4.78 is 15.0. The molecule has 5 nitrogen and oxygen atoms in total. The number of amides is 1. The molecule has 1 fully saturated rings. The van der Waals surface area contributed by atoms with Crippen LogP contribution in [-0.2, 0) is 11.3 Å². The van der Waals surface area contributed by atoms with Gasteiger partial charge < -0.3 is 4.90 Å². The highest BCUT2D eigenvalue weighted by Gasteiger charge is 2.20. The van der Waals surface area contributed by atoms with Crippen molar-refractivity contribution in [3.8, 4) is 11.4 Å². The molecule has 0 N–H and O–H groups in total. The first kappa shape index (κ1) is 16.7. The Morgan fingerprint density at radius 1 is 1.25 bits per heavy atom. The second kappa shape index (κ2) is 7.61. The van der Waals surface area contributed by atoms with Crippen molar-refractivity contribution in [2.75, 3.05) is 18.8 Å². The molecule has 0 bridgehead atoms. The molecule has 126 valence electrons. The summed E-state index contributed by atoms with van der Waals surface area (Å²) in [5.74, 6) is 0.831. The summed E-state index contributed by atoms with van der Waals surface area (Å²) in [6.07, 6.45) is 3.91. The maximum Gasteiger partial charge on any atom is 0.233 e. The molecular formula is C17H19FN4OS. The van der Waals surface area contributed by atoms with E-state index in [0.717, 1.165) is 31.5 Å². The van der Waals surface area contributed by atoms with Gasteiger partial charge in [0.1, 0.15) is 5.82 Å². The van der Waals surface area contributed by atoms with Crippen molar-refractivity contribution in [1.29, 1.82) is 0 Å². The Morgan fingerprint density at radius 3 is 2.62 bits per heavy atom. The Morgan fingerprint density at radius 2 is 1.96 bits per heavy atom. The summed E-state index contributed by atoms with van der Waals surface area (Å²) in [4.78, 5) is 14.1. The van der Waals surface area contributed by atoms with Gasteiger partial charge in [0.05, 0.1) is 5.75 Å². The standard InChI is InChI=1S/C17H19FN4OS/c1-2-9-22-16(13-5-7-14(18)8-6-13)19-20-17(22)24-12-15(23)21-10-3-4-11-21/h2,5-8H,1,3-4,9-12H2. The quantitative estimate of drug-likeness (QED) is 0.596. The highest BCUT2D eigenvalue weighted by Crippen LogP contribution is 2.25. The van der Waals surface area contributed by atoms with E-state index >= 15 is 0 Å². The van der Waals surface area contributed by atoms with Gasteiger partial charge in [-0.3, -0.25) is 9.36 Å². The molecule has 2 aromatic rings. The number of likely N-dealkylation sites (tertiary alicyclic amines) is 1. The summed E-state index contributed by atoms with van der Waals surface area (Å²) in [5.41, 5.74) is 0.781. The van der Waals surface area contributed by atoms with Gasteiger partial charge in [-0.25, -0.2) is 4.39 Å². The zero-order chi connectivity index (χ0) is 16.9. The van der Waals surface area contributed by atoms with Crippen molar-refractivity contribution in [3.63, 3.8) is 0 Å². The minimum Gasteiger partial charge on any atom is -0.342 e. The number of thioether (sulfide) groups is 1. The van der Waals surface area contributed by atoms with Crippen LogP contribution in [0.15, 0.2) is 42.1 Å². The molecule has 7 heteroatoms. The molecule has 1 amide bonds. The Balaban J connectivity index is 1.76. The fourth-order valence-electron chi connectivity index (χ4n) is 2.69. The minimum absolute atomic E-state index is 0.133. The summed E-state index contributed by atoms with van der Waals surface area (Å²) >= 11 is 1.38. The number of allylic oxidation sites excluding steroid dienone is 1. The zero-order valence-electron chi connectivity index (χ0n) is 13.3. The average molecular weight is 346 g/mol. The van der Waals surface area contributed by atoms with Crippen LogP contribution in [0.4, 0.5) is 4.39 Å². The number of benzene rings is 1.